The van der Waals surface area contributed by atoms with Gasteiger partial charge in [-0.2, -0.15) is 0 Å². The third-order valence-electron chi connectivity index (χ3n) is 27.5. The van der Waals surface area contributed by atoms with E-state index in [-0.39, 0.29) is 0 Å². The molecule has 0 aliphatic heterocycles. The van der Waals surface area contributed by atoms with E-state index in [1.807, 2.05) is 23.6 Å². The molecule has 5 nitrogen and oxygen atoms in total. The van der Waals surface area contributed by atoms with Gasteiger partial charge in [-0.25, -0.2) is 4.98 Å². The molecule has 0 bridgehead atoms. The number of para-hydroxylation sites is 1. The first-order valence-electron chi connectivity index (χ1n) is 46.6. The number of hydrogen-bond acceptors (Lipinski definition) is 7. The van der Waals surface area contributed by atoms with Crippen molar-refractivity contribution in [3.8, 4) is 55.6 Å². The SMILES string of the molecule is Cc1ccc(N(c2ccc(-c3ccc(N(c4ccc(C)cc4)c4ccc5c(c4)sc4ncccc45)cc3)cc2)c2ccc3c(c2)C(c2ccccc2)(c2ccccc2)c2ccccc2-3)cc1.c1ccc(-c2ccc(N(c3ccc(-c4ccc(N(c5ccccc5)c5ccc6c(c5)C(c5ccccc5)(c5ccccc5)c5ccccc5-6)cc4)cc3)c3cccc4c3sc3ccccc34)cc2)cc1. The molecule has 0 unspecified atom stereocenters. The lowest BCUT2D eigenvalue weighted by Gasteiger charge is -2.35. The van der Waals surface area contributed by atoms with Crippen LogP contribution in [0.5, 0.6) is 0 Å². The Labute approximate surface area is 801 Å². The van der Waals surface area contributed by atoms with Gasteiger partial charge in [0.05, 0.1) is 21.2 Å². The monoisotopic (exact) mass is 1770 g/mol. The summed E-state index contributed by atoms with van der Waals surface area (Å²) in [6.45, 7) is 4.29. The number of anilines is 12. The first-order valence-corrected chi connectivity index (χ1v) is 48.2. The Morgan fingerprint density at radius 1 is 0.199 bits per heavy atom. The molecule has 0 spiro atoms. The van der Waals surface area contributed by atoms with Crippen molar-refractivity contribution in [1.29, 1.82) is 0 Å². The molecule has 2 aliphatic carbocycles. The maximum atomic E-state index is 4.65. The zero-order valence-corrected chi connectivity index (χ0v) is 76.8. The molecule has 0 fully saturated rings. The number of benzene rings is 20. The summed E-state index contributed by atoms with van der Waals surface area (Å²) in [5.41, 5.74) is 37.2. The van der Waals surface area contributed by atoms with E-state index < -0.39 is 10.8 Å². The van der Waals surface area contributed by atoms with E-state index in [0.717, 1.165) is 89.6 Å². The average molecular weight is 1780 g/mol. The Bertz CT molecular complexity index is 8220. The molecule has 644 valence electrons. The van der Waals surface area contributed by atoms with E-state index in [4.69, 9.17) is 0 Å². The third-order valence-corrected chi connectivity index (χ3v) is 29.8. The first kappa shape index (κ1) is 82.3. The van der Waals surface area contributed by atoms with Gasteiger partial charge < -0.3 is 19.6 Å². The molecule has 0 amide bonds. The predicted octanol–water partition coefficient (Wildman–Crippen LogP) is 35.7. The quantitative estimate of drug-likeness (QED) is 0.0804. The number of nitrogens with zero attached hydrogens (tertiary/aromatic N) is 5. The number of aromatic nitrogens is 1. The summed E-state index contributed by atoms with van der Waals surface area (Å²) in [6, 6.07) is 187. The fraction of sp³-hybridized carbons (Fsp3) is 0.0310. The Balaban J connectivity index is 0.000000149. The highest BCUT2D eigenvalue weighted by atomic mass is 32.1. The third kappa shape index (κ3) is 14.5. The summed E-state index contributed by atoms with van der Waals surface area (Å²) in [4.78, 5) is 15.3. The Hall–Kier alpha value is -16.8. The minimum Gasteiger partial charge on any atom is -0.310 e. The standard InChI is InChI=1S/C67H46N2S.C62H45N3S/c1-5-18-47(19-6-1)48-34-40-55(41-35-48)69(64-30-17-28-61-60-27-14-16-31-65(60)70-66(61)64)56-42-36-50(37-43-56)49-32-38-54(39-33-49)68(53-24-11-4-12-25-53)57-44-45-59-58-26-13-15-29-62(58)67(63(59)46-57,51-20-7-2-8-21-51)52-22-9-3-10-23-52;1-42-19-27-48(28-20-42)64(52-35-37-55-54-16-9-10-18-58(54)62(59(55)40-52,46-12-5-3-6-13-46)47-14-7-4-8-15-47)50-31-23-44(24-32-50)45-25-33-51(34-26-45)65(49-29-21-43(2)22-30-49)53-36-38-56-57-17-11-39-63-61(57)66-60(56)41-53/h1-46H;3-41H,1-2H3. The Morgan fingerprint density at radius 2 is 0.507 bits per heavy atom. The number of rotatable bonds is 19. The minimum atomic E-state index is -0.492. The van der Waals surface area contributed by atoms with Gasteiger partial charge in [0, 0.05) is 99.7 Å². The van der Waals surface area contributed by atoms with E-state index in [2.05, 4.69) is 542 Å². The second-order valence-electron chi connectivity index (χ2n) is 35.4. The van der Waals surface area contributed by atoms with Crippen LogP contribution in [0.25, 0.3) is 96.1 Å². The highest BCUT2D eigenvalue weighted by molar-refractivity contribution is 7.26. The molecule has 0 N–H and O–H groups in total. The minimum absolute atomic E-state index is 0.489. The Morgan fingerprint density at radius 3 is 0.941 bits per heavy atom. The van der Waals surface area contributed by atoms with Gasteiger partial charge in [0.15, 0.2) is 0 Å². The normalized spacial score (nSPS) is 12.5. The molecular weight excluding hydrogens is 1680 g/mol. The molecule has 0 saturated carbocycles. The molecule has 0 atom stereocenters. The molecule has 7 heteroatoms. The molecule has 0 saturated heterocycles. The van der Waals surface area contributed by atoms with Crippen molar-refractivity contribution >= 4 is 131 Å². The molecular formula is C129H91N5S2. The van der Waals surface area contributed by atoms with Gasteiger partial charge in [-0.05, 0) is 272 Å². The van der Waals surface area contributed by atoms with Crippen molar-refractivity contribution in [2.75, 3.05) is 19.6 Å². The zero-order valence-electron chi connectivity index (χ0n) is 75.1. The van der Waals surface area contributed by atoms with E-state index in [1.54, 1.807) is 11.3 Å². The van der Waals surface area contributed by atoms with Crippen molar-refractivity contribution < 1.29 is 0 Å². The van der Waals surface area contributed by atoms with Crippen molar-refractivity contribution in [3.05, 3.63) is 571 Å². The van der Waals surface area contributed by atoms with E-state index in [9.17, 15) is 0 Å². The lowest BCUT2D eigenvalue weighted by molar-refractivity contribution is 0.768. The van der Waals surface area contributed by atoms with Gasteiger partial charge in [-0.15, -0.1) is 22.7 Å². The molecule has 23 aromatic rings. The summed E-state index contributed by atoms with van der Waals surface area (Å²) in [5.74, 6) is 0. The van der Waals surface area contributed by atoms with E-state index >= 15 is 0 Å². The molecule has 25 rings (SSSR count). The number of fused-ring (bicyclic) bond motifs is 12. The molecule has 0 radical (unpaired) electrons. The Kier molecular flexibility index (Phi) is 21.2. The van der Waals surface area contributed by atoms with Gasteiger partial charge >= 0.3 is 0 Å². The number of thiophene rings is 2. The first-order chi connectivity index (χ1) is 67.2. The van der Waals surface area contributed by atoms with Crippen LogP contribution in [0.3, 0.4) is 0 Å². The van der Waals surface area contributed by atoms with Crippen LogP contribution in [0.1, 0.15) is 55.6 Å². The fourth-order valence-corrected chi connectivity index (χ4v) is 23.5. The predicted molar refractivity (Wildman–Crippen MR) is 576 cm³/mol. The lowest BCUT2D eigenvalue weighted by atomic mass is 9.67. The summed E-state index contributed by atoms with van der Waals surface area (Å²) in [5, 5.41) is 5.02. The van der Waals surface area contributed by atoms with Gasteiger partial charge in [-0.1, -0.05) is 363 Å². The summed E-state index contributed by atoms with van der Waals surface area (Å²) >= 11 is 3.61. The second-order valence-corrected chi connectivity index (χ2v) is 37.4. The lowest BCUT2D eigenvalue weighted by Crippen LogP contribution is -2.28. The number of aryl methyl sites for hydroxylation is 2. The number of hydrogen-bond donors (Lipinski definition) is 0. The fourth-order valence-electron chi connectivity index (χ4n) is 21.2. The van der Waals surface area contributed by atoms with E-state index in [0.29, 0.717) is 0 Å². The van der Waals surface area contributed by atoms with Crippen LogP contribution in [-0.2, 0) is 10.8 Å². The van der Waals surface area contributed by atoms with Crippen LogP contribution in [-0.4, -0.2) is 4.98 Å². The van der Waals surface area contributed by atoms with Crippen molar-refractivity contribution in [3.63, 3.8) is 0 Å². The summed E-state index contributed by atoms with van der Waals surface area (Å²) in [7, 11) is 0. The highest BCUT2D eigenvalue weighted by Gasteiger charge is 2.48. The van der Waals surface area contributed by atoms with Crippen LogP contribution in [0, 0.1) is 13.8 Å². The summed E-state index contributed by atoms with van der Waals surface area (Å²) < 4.78 is 3.80. The molecule has 3 heterocycles. The van der Waals surface area contributed by atoms with Gasteiger partial charge in [0.1, 0.15) is 4.83 Å². The van der Waals surface area contributed by atoms with Crippen LogP contribution in [0.2, 0.25) is 0 Å². The maximum absolute atomic E-state index is 4.65. The van der Waals surface area contributed by atoms with Crippen LogP contribution in [0.15, 0.2) is 516 Å². The molecule has 3 aromatic heterocycles. The average Bonchev–Trinajstić information content (AvgIpc) is 1.54. The topological polar surface area (TPSA) is 25.9 Å². The largest absolute Gasteiger partial charge is 0.310 e. The maximum Gasteiger partial charge on any atom is 0.124 e. The number of pyridine rings is 1. The van der Waals surface area contributed by atoms with Crippen LogP contribution < -0.4 is 19.6 Å². The van der Waals surface area contributed by atoms with E-state index in [1.165, 1.54) is 130 Å². The molecule has 20 aromatic carbocycles. The van der Waals surface area contributed by atoms with Crippen molar-refractivity contribution in [2.24, 2.45) is 0 Å². The highest BCUT2D eigenvalue weighted by Crippen LogP contribution is 2.60. The second kappa shape index (κ2) is 35.1. The van der Waals surface area contributed by atoms with Crippen LogP contribution in [0.4, 0.5) is 68.2 Å². The van der Waals surface area contributed by atoms with Crippen molar-refractivity contribution in [1.82, 2.24) is 4.98 Å². The van der Waals surface area contributed by atoms with Gasteiger partial charge in [0.2, 0.25) is 0 Å². The molecule has 136 heavy (non-hydrogen) atoms. The van der Waals surface area contributed by atoms with Gasteiger partial charge in [0.25, 0.3) is 0 Å². The zero-order chi connectivity index (χ0) is 90.6. The van der Waals surface area contributed by atoms with Crippen molar-refractivity contribution in [2.45, 2.75) is 24.7 Å². The van der Waals surface area contributed by atoms with Gasteiger partial charge in [-0.3, -0.25) is 0 Å². The smallest absolute Gasteiger partial charge is 0.124 e. The van der Waals surface area contributed by atoms with Crippen LogP contribution >= 0.6 is 22.7 Å². The summed E-state index contributed by atoms with van der Waals surface area (Å²) in [6.07, 6.45) is 1.88. The molecule has 2 aliphatic rings.